The number of hydrogen-bond acceptors (Lipinski definition) is 7. The third kappa shape index (κ3) is 7.20. The fourth-order valence-corrected chi connectivity index (χ4v) is 4.56. The molecule has 1 saturated heterocycles. The third-order valence-electron chi connectivity index (χ3n) is 5.21. The van der Waals surface area contributed by atoms with Gasteiger partial charge >= 0.3 is 6.09 Å². The summed E-state index contributed by atoms with van der Waals surface area (Å²) in [6.07, 6.45) is 1.31. The highest BCUT2D eigenvalue weighted by Gasteiger charge is 2.27. The number of nitrogens with one attached hydrogen (secondary N) is 1. The predicted octanol–water partition coefficient (Wildman–Crippen LogP) is 3.79. The number of carbonyl (C=O) groups excluding carboxylic acids is 2. The van der Waals surface area contributed by atoms with Crippen LogP contribution < -0.4 is 11.1 Å². The van der Waals surface area contributed by atoms with E-state index in [2.05, 4.69) is 16.3 Å². The summed E-state index contributed by atoms with van der Waals surface area (Å²) in [4.78, 5) is 30.0. The van der Waals surface area contributed by atoms with Gasteiger partial charge in [0.2, 0.25) is 0 Å². The van der Waals surface area contributed by atoms with Crippen LogP contribution in [0.2, 0.25) is 0 Å². The molecule has 2 heterocycles. The van der Waals surface area contributed by atoms with E-state index in [4.69, 9.17) is 10.5 Å². The number of carbonyl (C=O) groups is 2. The van der Waals surface area contributed by atoms with Gasteiger partial charge in [-0.1, -0.05) is 18.2 Å². The summed E-state index contributed by atoms with van der Waals surface area (Å²) in [6, 6.07) is 11.1. The van der Waals surface area contributed by atoms with E-state index in [1.165, 1.54) is 11.3 Å². The molecular formula is C24H31N5O3S. The first-order chi connectivity index (χ1) is 15.6. The Morgan fingerprint density at radius 3 is 2.79 bits per heavy atom. The zero-order chi connectivity index (χ0) is 24.0. The minimum absolute atomic E-state index is 0.0608. The fraction of sp³-hybridized carbons (Fsp3) is 0.458. The normalized spacial score (nSPS) is 16.6. The summed E-state index contributed by atoms with van der Waals surface area (Å²) < 4.78 is 5.39. The number of likely N-dealkylation sites (tertiary alicyclic amines) is 1. The van der Waals surface area contributed by atoms with Crippen LogP contribution in [0.15, 0.2) is 35.7 Å². The van der Waals surface area contributed by atoms with E-state index in [1.54, 1.807) is 22.4 Å². The van der Waals surface area contributed by atoms with Crippen LogP contribution in [0.3, 0.4) is 0 Å². The quantitative estimate of drug-likeness (QED) is 0.666. The molecule has 1 atom stereocenters. The SMILES string of the molecule is CC(C)(C)OC(=O)NC1CCCN(CN(Cc2ccccc2C#N)C(=O)c2cc(N)cs2)C1. The number of alkyl carbamates (subject to hydrolysis) is 1. The molecule has 1 unspecified atom stereocenters. The number of hydrogen-bond donors (Lipinski definition) is 2. The molecule has 1 aromatic carbocycles. The van der Waals surface area contributed by atoms with Gasteiger partial charge in [-0.05, 0) is 57.9 Å². The van der Waals surface area contributed by atoms with Gasteiger partial charge in [0.15, 0.2) is 0 Å². The van der Waals surface area contributed by atoms with Crippen molar-refractivity contribution >= 4 is 29.0 Å². The van der Waals surface area contributed by atoms with Gasteiger partial charge in [-0.25, -0.2) is 4.79 Å². The average molecular weight is 470 g/mol. The topological polar surface area (TPSA) is 112 Å². The first-order valence-corrected chi connectivity index (χ1v) is 11.9. The van der Waals surface area contributed by atoms with E-state index in [1.807, 2.05) is 39.0 Å². The summed E-state index contributed by atoms with van der Waals surface area (Å²) in [5, 5.41) is 14.2. The Kier molecular flexibility index (Phi) is 7.95. The van der Waals surface area contributed by atoms with Crippen LogP contribution in [0.1, 0.15) is 54.4 Å². The minimum atomic E-state index is -0.557. The molecule has 0 radical (unpaired) electrons. The second-order valence-corrected chi connectivity index (χ2v) is 10.1. The van der Waals surface area contributed by atoms with Crippen molar-refractivity contribution in [2.24, 2.45) is 0 Å². The Hall–Kier alpha value is -3.09. The van der Waals surface area contributed by atoms with Crippen molar-refractivity contribution in [1.29, 1.82) is 5.26 Å². The van der Waals surface area contributed by atoms with E-state index in [0.717, 1.165) is 24.9 Å². The monoisotopic (exact) mass is 469 g/mol. The maximum absolute atomic E-state index is 13.3. The number of anilines is 1. The maximum atomic E-state index is 13.3. The highest BCUT2D eigenvalue weighted by molar-refractivity contribution is 7.12. The van der Waals surface area contributed by atoms with Gasteiger partial charge in [-0.15, -0.1) is 11.3 Å². The number of nitrogen functional groups attached to an aromatic ring is 1. The van der Waals surface area contributed by atoms with Gasteiger partial charge in [0, 0.05) is 30.2 Å². The van der Waals surface area contributed by atoms with E-state index in [9.17, 15) is 14.9 Å². The lowest BCUT2D eigenvalue weighted by atomic mass is 10.1. The van der Waals surface area contributed by atoms with Gasteiger partial charge in [0.05, 0.1) is 23.2 Å². The zero-order valence-corrected chi connectivity index (χ0v) is 20.2. The lowest BCUT2D eigenvalue weighted by Crippen LogP contribution is -2.52. The number of benzene rings is 1. The van der Waals surface area contributed by atoms with Crippen LogP contribution in [0.4, 0.5) is 10.5 Å². The van der Waals surface area contributed by atoms with Crippen molar-refractivity contribution in [2.75, 3.05) is 25.5 Å². The molecule has 9 heteroatoms. The molecule has 2 amide bonds. The van der Waals surface area contributed by atoms with Gasteiger partial charge in [-0.2, -0.15) is 5.26 Å². The van der Waals surface area contributed by atoms with Gasteiger partial charge in [0.1, 0.15) is 5.60 Å². The number of amides is 2. The van der Waals surface area contributed by atoms with E-state index in [0.29, 0.717) is 35.9 Å². The molecule has 1 fully saturated rings. The Bertz CT molecular complexity index is 1020. The molecule has 0 spiro atoms. The molecule has 0 bridgehead atoms. The molecule has 3 rings (SSSR count). The van der Waals surface area contributed by atoms with Crippen molar-refractivity contribution in [3.8, 4) is 6.07 Å². The molecule has 1 aliphatic rings. The number of nitrogens with two attached hydrogens (primary N) is 1. The zero-order valence-electron chi connectivity index (χ0n) is 19.3. The number of piperidine rings is 1. The van der Waals surface area contributed by atoms with Gasteiger partial charge < -0.3 is 20.7 Å². The standard InChI is InChI=1S/C24H31N5O3S/c1-24(2,3)32-23(31)27-20-9-6-10-28(14-20)16-29(22(30)21-11-19(26)15-33-21)13-18-8-5-4-7-17(18)12-25/h4-5,7-8,11,15,20H,6,9-10,13-14,16,26H2,1-3H3,(H,27,31). The van der Waals surface area contributed by atoms with Gasteiger partial charge in [-0.3, -0.25) is 9.69 Å². The van der Waals surface area contributed by atoms with Crippen LogP contribution >= 0.6 is 11.3 Å². The number of nitriles is 1. The number of ether oxygens (including phenoxy) is 1. The van der Waals surface area contributed by atoms with Crippen LogP contribution in [0.5, 0.6) is 0 Å². The second kappa shape index (κ2) is 10.7. The van der Waals surface area contributed by atoms with Gasteiger partial charge in [0.25, 0.3) is 5.91 Å². The van der Waals surface area contributed by atoms with Crippen LogP contribution in [-0.4, -0.2) is 53.2 Å². The molecule has 8 nitrogen and oxygen atoms in total. The van der Waals surface area contributed by atoms with Crippen LogP contribution in [-0.2, 0) is 11.3 Å². The highest BCUT2D eigenvalue weighted by atomic mass is 32.1. The lowest BCUT2D eigenvalue weighted by Gasteiger charge is -2.36. The molecule has 1 aromatic heterocycles. The maximum Gasteiger partial charge on any atom is 0.407 e. The first kappa shape index (κ1) is 24.6. The van der Waals surface area contributed by atoms with Crippen molar-refractivity contribution < 1.29 is 14.3 Å². The van der Waals surface area contributed by atoms with Crippen LogP contribution in [0.25, 0.3) is 0 Å². The largest absolute Gasteiger partial charge is 0.444 e. The summed E-state index contributed by atoms with van der Waals surface area (Å²) in [5.74, 6) is -0.133. The highest BCUT2D eigenvalue weighted by Crippen LogP contribution is 2.22. The summed E-state index contributed by atoms with van der Waals surface area (Å²) in [6.45, 7) is 7.60. The van der Waals surface area contributed by atoms with E-state index < -0.39 is 11.7 Å². The van der Waals surface area contributed by atoms with Crippen molar-refractivity contribution in [3.05, 3.63) is 51.7 Å². The summed E-state index contributed by atoms with van der Waals surface area (Å²) in [5.41, 5.74) is 7.18. The molecule has 176 valence electrons. The molecule has 3 N–H and O–H groups in total. The van der Waals surface area contributed by atoms with E-state index in [-0.39, 0.29) is 11.9 Å². The average Bonchev–Trinajstić information content (AvgIpc) is 3.18. The number of rotatable bonds is 6. The Balaban J connectivity index is 1.73. The third-order valence-corrected chi connectivity index (χ3v) is 6.15. The smallest absolute Gasteiger partial charge is 0.407 e. The second-order valence-electron chi connectivity index (χ2n) is 9.22. The summed E-state index contributed by atoms with van der Waals surface area (Å²) >= 11 is 1.31. The first-order valence-electron chi connectivity index (χ1n) is 11.0. The molecule has 0 aliphatic carbocycles. The number of nitrogens with zero attached hydrogens (tertiary/aromatic N) is 3. The van der Waals surface area contributed by atoms with E-state index >= 15 is 0 Å². The molecular weight excluding hydrogens is 438 g/mol. The number of thiophene rings is 1. The van der Waals surface area contributed by atoms with Crippen molar-refractivity contribution in [2.45, 2.75) is 51.8 Å². The Morgan fingerprint density at radius 1 is 1.36 bits per heavy atom. The minimum Gasteiger partial charge on any atom is -0.444 e. The summed E-state index contributed by atoms with van der Waals surface area (Å²) in [7, 11) is 0. The van der Waals surface area contributed by atoms with Crippen molar-refractivity contribution in [1.82, 2.24) is 15.1 Å². The van der Waals surface area contributed by atoms with Crippen molar-refractivity contribution in [3.63, 3.8) is 0 Å². The molecule has 0 saturated carbocycles. The van der Waals surface area contributed by atoms with Crippen LogP contribution in [0, 0.1) is 11.3 Å². The Morgan fingerprint density at radius 2 is 2.12 bits per heavy atom. The predicted molar refractivity (Wildman–Crippen MR) is 129 cm³/mol. The molecule has 33 heavy (non-hydrogen) atoms. The Labute approximate surface area is 198 Å². The fourth-order valence-electron chi connectivity index (χ4n) is 3.80. The molecule has 1 aliphatic heterocycles. The lowest BCUT2D eigenvalue weighted by molar-refractivity contribution is 0.0407. The molecule has 2 aromatic rings.